The van der Waals surface area contributed by atoms with Crippen LogP contribution in [0, 0.1) is 0 Å². The van der Waals surface area contributed by atoms with Gasteiger partial charge in [-0.3, -0.25) is 9.48 Å². The number of para-hydroxylation sites is 1. The van der Waals surface area contributed by atoms with Crippen LogP contribution < -0.4 is 10.7 Å². The summed E-state index contributed by atoms with van der Waals surface area (Å²) < 4.78 is 7.11. The van der Waals surface area contributed by atoms with Gasteiger partial charge in [0.2, 0.25) is 5.43 Å². The molecule has 1 unspecified atom stereocenters. The summed E-state index contributed by atoms with van der Waals surface area (Å²) in [7, 11) is 1.69. The molecule has 0 bridgehead atoms. The highest BCUT2D eigenvalue weighted by molar-refractivity contribution is 5.77. The molecule has 2 aromatic rings. The number of hydrogen-bond acceptors (Lipinski definition) is 4. The fourth-order valence-electron chi connectivity index (χ4n) is 2.24. The Hall–Kier alpha value is -1.72. The number of methoxy groups -OCH3 is 1. The van der Waals surface area contributed by atoms with E-state index in [0.29, 0.717) is 18.5 Å². The molecule has 0 aliphatic heterocycles. The number of ether oxygens (including phenoxy) is 1. The summed E-state index contributed by atoms with van der Waals surface area (Å²) in [6, 6.07) is 7.73. The first-order valence-corrected chi connectivity index (χ1v) is 6.93. The van der Waals surface area contributed by atoms with Gasteiger partial charge in [0.15, 0.2) is 0 Å². The van der Waals surface area contributed by atoms with Crippen molar-refractivity contribution >= 4 is 10.9 Å². The van der Waals surface area contributed by atoms with Gasteiger partial charge in [-0.05, 0) is 25.1 Å². The minimum Gasteiger partial charge on any atom is -0.383 e. The van der Waals surface area contributed by atoms with Gasteiger partial charge >= 0.3 is 0 Å². The van der Waals surface area contributed by atoms with Crippen LogP contribution in [-0.4, -0.2) is 36.1 Å². The first-order valence-electron chi connectivity index (χ1n) is 6.93. The molecule has 1 aromatic heterocycles. The van der Waals surface area contributed by atoms with E-state index in [1.807, 2.05) is 28.9 Å². The lowest BCUT2D eigenvalue weighted by atomic mass is 10.2. The van der Waals surface area contributed by atoms with Crippen molar-refractivity contribution in [3.8, 4) is 0 Å². The molecule has 0 amide bonds. The predicted molar refractivity (Wildman–Crippen MR) is 80.0 cm³/mol. The average molecular weight is 275 g/mol. The van der Waals surface area contributed by atoms with Crippen LogP contribution in [0.1, 0.15) is 13.3 Å². The van der Waals surface area contributed by atoms with Gasteiger partial charge in [-0.25, -0.2) is 0 Å². The second-order valence-corrected chi connectivity index (χ2v) is 4.81. The zero-order valence-electron chi connectivity index (χ0n) is 12.0. The smallest absolute Gasteiger partial charge is 0.207 e. The number of hydrogen-bond donors (Lipinski definition) is 1. The van der Waals surface area contributed by atoms with Crippen molar-refractivity contribution in [3.05, 3.63) is 40.7 Å². The molecule has 0 aliphatic carbocycles. The molecule has 0 aliphatic rings. The number of benzene rings is 1. The van der Waals surface area contributed by atoms with E-state index in [0.717, 1.165) is 18.5 Å². The third-order valence-electron chi connectivity index (χ3n) is 3.21. The minimum atomic E-state index is -0.0401. The molecule has 1 heterocycles. The second-order valence-electron chi connectivity index (χ2n) is 4.81. The lowest BCUT2D eigenvalue weighted by molar-refractivity contribution is 0.157. The summed E-state index contributed by atoms with van der Waals surface area (Å²) in [6.07, 6.45) is 2.45. The summed E-state index contributed by atoms with van der Waals surface area (Å²) in [5.74, 6) is 0. The van der Waals surface area contributed by atoms with Gasteiger partial charge in [-0.1, -0.05) is 19.1 Å². The predicted octanol–water partition coefficient (Wildman–Crippen LogP) is 1.41. The Labute approximate surface area is 118 Å². The third kappa shape index (κ3) is 3.43. The van der Waals surface area contributed by atoms with Crippen molar-refractivity contribution in [3.63, 3.8) is 0 Å². The van der Waals surface area contributed by atoms with Crippen LogP contribution in [-0.2, 0) is 11.3 Å². The van der Waals surface area contributed by atoms with Crippen LogP contribution in [0.25, 0.3) is 10.9 Å². The Kier molecular flexibility index (Phi) is 5.26. The van der Waals surface area contributed by atoms with Crippen molar-refractivity contribution in [2.45, 2.75) is 25.9 Å². The van der Waals surface area contributed by atoms with Crippen LogP contribution in [0.4, 0.5) is 0 Å². The van der Waals surface area contributed by atoms with Crippen molar-refractivity contribution in [1.82, 2.24) is 15.1 Å². The van der Waals surface area contributed by atoms with Gasteiger partial charge in [0.25, 0.3) is 0 Å². The molecule has 2 rings (SSSR count). The number of nitrogens with zero attached hydrogens (tertiary/aromatic N) is 2. The van der Waals surface area contributed by atoms with Gasteiger partial charge in [0.05, 0.1) is 30.9 Å². The Morgan fingerprint density at radius 2 is 2.20 bits per heavy atom. The summed E-state index contributed by atoms with van der Waals surface area (Å²) >= 11 is 0. The third-order valence-corrected chi connectivity index (χ3v) is 3.21. The normalized spacial score (nSPS) is 12.7. The molecule has 5 nitrogen and oxygen atoms in total. The van der Waals surface area contributed by atoms with E-state index < -0.39 is 0 Å². The highest BCUT2D eigenvalue weighted by Crippen LogP contribution is 2.08. The number of rotatable bonds is 7. The monoisotopic (exact) mass is 275 g/mol. The van der Waals surface area contributed by atoms with E-state index in [2.05, 4.69) is 17.3 Å². The summed E-state index contributed by atoms with van der Waals surface area (Å²) in [6.45, 7) is 4.35. The van der Waals surface area contributed by atoms with E-state index in [4.69, 9.17) is 4.74 Å². The average Bonchev–Trinajstić information content (AvgIpc) is 2.48. The maximum absolute atomic E-state index is 11.8. The van der Waals surface area contributed by atoms with Crippen molar-refractivity contribution in [2.24, 2.45) is 0 Å². The number of aromatic nitrogens is 2. The topological polar surface area (TPSA) is 56.1 Å². The van der Waals surface area contributed by atoms with Crippen molar-refractivity contribution in [2.75, 3.05) is 20.3 Å². The summed E-state index contributed by atoms with van der Waals surface area (Å²) in [4.78, 5) is 11.8. The van der Waals surface area contributed by atoms with E-state index in [-0.39, 0.29) is 11.5 Å². The first kappa shape index (κ1) is 14.7. The molecule has 1 atom stereocenters. The molecular weight excluding hydrogens is 254 g/mol. The molecular formula is C15H21N3O2. The van der Waals surface area contributed by atoms with Crippen molar-refractivity contribution < 1.29 is 4.74 Å². The quantitative estimate of drug-likeness (QED) is 0.830. The highest BCUT2D eigenvalue weighted by Gasteiger charge is 2.11. The van der Waals surface area contributed by atoms with Crippen LogP contribution >= 0.6 is 0 Å². The van der Waals surface area contributed by atoms with E-state index in [9.17, 15) is 4.79 Å². The Bertz CT molecular complexity index is 609. The largest absolute Gasteiger partial charge is 0.383 e. The van der Waals surface area contributed by atoms with Gasteiger partial charge in [-0.15, -0.1) is 0 Å². The van der Waals surface area contributed by atoms with E-state index in [1.165, 1.54) is 6.20 Å². The summed E-state index contributed by atoms with van der Waals surface area (Å²) in [5.41, 5.74) is 0.820. The SMILES string of the molecule is CCCNC(COC)Cn1ncc(=O)c2ccccc21. The molecule has 108 valence electrons. The molecule has 20 heavy (non-hydrogen) atoms. The fraction of sp³-hybridized carbons (Fsp3) is 0.467. The summed E-state index contributed by atoms with van der Waals surface area (Å²) in [5, 5.41) is 8.38. The van der Waals surface area contributed by atoms with E-state index in [1.54, 1.807) is 7.11 Å². The molecule has 0 saturated heterocycles. The van der Waals surface area contributed by atoms with Gasteiger partial charge in [0.1, 0.15) is 0 Å². The zero-order valence-corrected chi connectivity index (χ0v) is 12.0. The van der Waals surface area contributed by atoms with Crippen LogP contribution in [0.15, 0.2) is 35.3 Å². The van der Waals surface area contributed by atoms with Crippen molar-refractivity contribution in [1.29, 1.82) is 0 Å². The van der Waals surface area contributed by atoms with Gasteiger partial charge < -0.3 is 10.1 Å². The van der Waals surface area contributed by atoms with Gasteiger partial charge in [-0.2, -0.15) is 5.10 Å². The Balaban J connectivity index is 2.27. The maximum Gasteiger partial charge on any atom is 0.207 e. The van der Waals surface area contributed by atoms with Crippen LogP contribution in [0.2, 0.25) is 0 Å². The Morgan fingerprint density at radius 3 is 2.95 bits per heavy atom. The highest BCUT2D eigenvalue weighted by atomic mass is 16.5. The fourth-order valence-corrected chi connectivity index (χ4v) is 2.24. The lowest BCUT2D eigenvalue weighted by Crippen LogP contribution is -2.38. The van der Waals surface area contributed by atoms with Gasteiger partial charge in [0, 0.05) is 12.5 Å². The standard InChI is InChI=1S/C15H21N3O2/c1-3-8-16-12(11-20-2)10-18-14-7-5-4-6-13(14)15(19)9-17-18/h4-7,9,12,16H,3,8,10-11H2,1-2H3. The molecule has 0 saturated carbocycles. The molecule has 0 radical (unpaired) electrons. The van der Waals surface area contributed by atoms with Crippen LogP contribution in [0.5, 0.6) is 0 Å². The second kappa shape index (κ2) is 7.17. The molecule has 0 spiro atoms. The lowest BCUT2D eigenvalue weighted by Gasteiger charge is -2.19. The molecule has 1 N–H and O–H groups in total. The van der Waals surface area contributed by atoms with E-state index >= 15 is 0 Å². The molecule has 5 heteroatoms. The minimum absolute atomic E-state index is 0.0401. The maximum atomic E-state index is 11.8. The Morgan fingerprint density at radius 1 is 1.40 bits per heavy atom. The first-order chi connectivity index (χ1) is 9.76. The molecule has 1 aromatic carbocycles. The van der Waals surface area contributed by atoms with Crippen LogP contribution in [0.3, 0.4) is 0 Å². The zero-order chi connectivity index (χ0) is 14.4. The number of fused-ring (bicyclic) bond motifs is 1. The molecule has 0 fully saturated rings. The number of nitrogens with one attached hydrogen (secondary N) is 1.